The van der Waals surface area contributed by atoms with Gasteiger partial charge >= 0.3 is 0 Å². The molecule has 7 nitrogen and oxygen atoms in total. The predicted octanol–water partition coefficient (Wildman–Crippen LogP) is 3.38. The molecule has 0 spiro atoms. The molecule has 2 aliphatic heterocycles. The third kappa shape index (κ3) is 4.74. The summed E-state index contributed by atoms with van der Waals surface area (Å²) in [4.78, 5) is 30.2. The number of nitrogens with one attached hydrogen (secondary N) is 1. The second-order valence-corrected chi connectivity index (χ2v) is 9.86. The predicted molar refractivity (Wildman–Crippen MR) is 125 cm³/mol. The molecule has 172 valence electrons. The van der Waals surface area contributed by atoms with Crippen molar-refractivity contribution in [1.29, 1.82) is 0 Å². The van der Waals surface area contributed by atoms with Crippen molar-refractivity contribution in [3.8, 4) is 0 Å². The fourth-order valence-electron chi connectivity index (χ4n) is 5.52. The molecule has 1 N–H and O–H groups in total. The lowest BCUT2D eigenvalue weighted by molar-refractivity contribution is -0.00546. The van der Waals surface area contributed by atoms with Gasteiger partial charge in [-0.25, -0.2) is 9.97 Å². The van der Waals surface area contributed by atoms with E-state index >= 15 is 0 Å². The maximum Gasteiger partial charge on any atom is 0.255 e. The van der Waals surface area contributed by atoms with E-state index in [1.165, 1.54) is 24.8 Å². The van der Waals surface area contributed by atoms with E-state index in [2.05, 4.69) is 40.8 Å². The number of fused-ring (bicyclic) bond motifs is 1. The molecule has 2 atom stereocenters. The molecule has 1 saturated heterocycles. The molecule has 2 unspecified atom stereocenters. The van der Waals surface area contributed by atoms with Gasteiger partial charge in [-0.05, 0) is 38.3 Å². The van der Waals surface area contributed by atoms with Crippen molar-refractivity contribution in [3.05, 3.63) is 51.3 Å². The minimum Gasteiger partial charge on any atom is -0.372 e. The largest absolute Gasteiger partial charge is 0.372 e. The first-order valence-corrected chi connectivity index (χ1v) is 12.2. The van der Waals surface area contributed by atoms with Crippen molar-refractivity contribution in [2.24, 2.45) is 0 Å². The Morgan fingerprint density at radius 2 is 1.91 bits per heavy atom. The number of pyridine rings is 1. The first kappa shape index (κ1) is 21.6. The molecule has 0 radical (unpaired) electrons. The van der Waals surface area contributed by atoms with Gasteiger partial charge in [-0.3, -0.25) is 9.69 Å². The normalized spacial score (nSPS) is 25.0. The molecule has 4 heterocycles. The summed E-state index contributed by atoms with van der Waals surface area (Å²) in [5.74, 6) is 2.37. The number of hydrogen-bond acceptors (Lipinski definition) is 6. The quantitative estimate of drug-likeness (QED) is 0.790. The van der Waals surface area contributed by atoms with Gasteiger partial charge in [0.05, 0.1) is 23.5 Å². The Morgan fingerprint density at radius 3 is 2.62 bits per heavy atom. The standard InChI is InChI=1S/C25H35N5O2/c1-17-13-30(14-18(2)32-17)23-9-8-19(12-26-23)15-29-11-10-22-21(16-29)25(31)28-24(27-22)20-6-4-3-5-7-20/h8-9,12,17-18,20H,3-7,10-11,13-16H2,1-2H3,(H,27,28,31). The van der Waals surface area contributed by atoms with Gasteiger partial charge in [0.1, 0.15) is 11.6 Å². The Morgan fingerprint density at radius 1 is 1.12 bits per heavy atom. The van der Waals surface area contributed by atoms with E-state index in [1.54, 1.807) is 0 Å². The number of aromatic amines is 1. The molecule has 2 aromatic heterocycles. The van der Waals surface area contributed by atoms with Crippen LogP contribution in [0.25, 0.3) is 0 Å². The van der Waals surface area contributed by atoms with Crippen LogP contribution in [-0.2, 0) is 24.2 Å². The van der Waals surface area contributed by atoms with Gasteiger partial charge in [-0.2, -0.15) is 0 Å². The smallest absolute Gasteiger partial charge is 0.255 e. The highest BCUT2D eigenvalue weighted by Crippen LogP contribution is 2.31. The highest BCUT2D eigenvalue weighted by molar-refractivity contribution is 5.40. The van der Waals surface area contributed by atoms with Crippen LogP contribution in [0.1, 0.15) is 74.5 Å². The van der Waals surface area contributed by atoms with Crippen LogP contribution in [0.2, 0.25) is 0 Å². The average molecular weight is 438 g/mol. The van der Waals surface area contributed by atoms with Crippen LogP contribution in [0.3, 0.4) is 0 Å². The summed E-state index contributed by atoms with van der Waals surface area (Å²) in [6.45, 7) is 8.35. The number of anilines is 1. The zero-order valence-electron chi connectivity index (χ0n) is 19.3. The number of rotatable bonds is 4. The minimum absolute atomic E-state index is 0.0595. The van der Waals surface area contributed by atoms with Crippen LogP contribution in [0.4, 0.5) is 5.82 Å². The Balaban J connectivity index is 1.24. The van der Waals surface area contributed by atoms with Gasteiger partial charge in [0.2, 0.25) is 0 Å². The zero-order chi connectivity index (χ0) is 22.1. The average Bonchev–Trinajstić information content (AvgIpc) is 2.80. The van der Waals surface area contributed by atoms with Gasteiger partial charge in [0, 0.05) is 51.3 Å². The molecule has 3 aliphatic rings. The second kappa shape index (κ2) is 9.32. The summed E-state index contributed by atoms with van der Waals surface area (Å²) in [7, 11) is 0. The Bertz CT molecular complexity index is 973. The molecule has 1 saturated carbocycles. The van der Waals surface area contributed by atoms with Gasteiger partial charge in [-0.15, -0.1) is 0 Å². The minimum atomic E-state index is 0.0595. The van der Waals surface area contributed by atoms with Crippen LogP contribution in [0, 0.1) is 0 Å². The maximum atomic E-state index is 12.8. The van der Waals surface area contributed by atoms with Gasteiger partial charge in [0.25, 0.3) is 5.56 Å². The maximum absolute atomic E-state index is 12.8. The summed E-state index contributed by atoms with van der Waals surface area (Å²) in [5.41, 5.74) is 3.09. The number of morpholine rings is 1. The SMILES string of the molecule is CC1CN(c2ccc(CN3CCc4nc(C5CCCCC5)[nH]c(=O)c4C3)cn2)CC(C)O1. The second-order valence-electron chi connectivity index (χ2n) is 9.86. The van der Waals surface area contributed by atoms with E-state index in [9.17, 15) is 4.79 Å². The molecule has 5 rings (SSSR count). The number of hydrogen-bond donors (Lipinski definition) is 1. The summed E-state index contributed by atoms with van der Waals surface area (Å²) >= 11 is 0. The van der Waals surface area contributed by atoms with Crippen molar-refractivity contribution >= 4 is 5.82 Å². The zero-order valence-corrected chi connectivity index (χ0v) is 19.3. The van der Waals surface area contributed by atoms with Gasteiger partial charge in [0.15, 0.2) is 0 Å². The van der Waals surface area contributed by atoms with E-state index in [0.29, 0.717) is 12.5 Å². The molecular weight excluding hydrogens is 402 g/mol. The molecule has 32 heavy (non-hydrogen) atoms. The Labute approximate surface area is 190 Å². The van der Waals surface area contributed by atoms with Crippen LogP contribution in [0.5, 0.6) is 0 Å². The first-order valence-electron chi connectivity index (χ1n) is 12.2. The van der Waals surface area contributed by atoms with Crippen molar-refractivity contribution in [1.82, 2.24) is 19.9 Å². The third-order valence-electron chi connectivity index (χ3n) is 7.12. The van der Waals surface area contributed by atoms with Crippen LogP contribution >= 0.6 is 0 Å². The highest BCUT2D eigenvalue weighted by Gasteiger charge is 2.25. The lowest BCUT2D eigenvalue weighted by atomic mass is 9.88. The first-order chi connectivity index (χ1) is 15.5. The molecule has 7 heteroatoms. The van der Waals surface area contributed by atoms with E-state index < -0.39 is 0 Å². The Kier molecular flexibility index (Phi) is 6.28. The molecule has 0 amide bonds. The van der Waals surface area contributed by atoms with E-state index in [1.807, 2.05) is 6.20 Å². The van der Waals surface area contributed by atoms with E-state index in [4.69, 9.17) is 14.7 Å². The van der Waals surface area contributed by atoms with Crippen molar-refractivity contribution < 1.29 is 4.74 Å². The van der Waals surface area contributed by atoms with Gasteiger partial charge in [-0.1, -0.05) is 25.3 Å². The van der Waals surface area contributed by atoms with Crippen LogP contribution in [-0.4, -0.2) is 51.7 Å². The van der Waals surface area contributed by atoms with Crippen molar-refractivity contribution in [2.75, 3.05) is 24.5 Å². The Hall–Kier alpha value is -2.25. The molecule has 0 bridgehead atoms. The van der Waals surface area contributed by atoms with E-state index in [0.717, 1.165) is 68.3 Å². The topological polar surface area (TPSA) is 74.4 Å². The molecule has 2 fully saturated rings. The van der Waals surface area contributed by atoms with Crippen LogP contribution < -0.4 is 10.5 Å². The summed E-state index contributed by atoms with van der Waals surface area (Å²) in [6.07, 6.45) is 9.36. The fourth-order valence-corrected chi connectivity index (χ4v) is 5.52. The summed E-state index contributed by atoms with van der Waals surface area (Å²) in [6, 6.07) is 4.28. The third-order valence-corrected chi connectivity index (χ3v) is 7.12. The highest BCUT2D eigenvalue weighted by atomic mass is 16.5. The number of ether oxygens (including phenoxy) is 1. The number of nitrogens with zero attached hydrogens (tertiary/aromatic N) is 4. The molecule has 2 aromatic rings. The number of aromatic nitrogens is 3. The molecule has 1 aliphatic carbocycles. The summed E-state index contributed by atoms with van der Waals surface area (Å²) in [5, 5.41) is 0. The lowest BCUT2D eigenvalue weighted by Crippen LogP contribution is -2.45. The van der Waals surface area contributed by atoms with Gasteiger partial charge < -0.3 is 14.6 Å². The van der Waals surface area contributed by atoms with Crippen LogP contribution in [0.15, 0.2) is 23.1 Å². The molecule has 0 aromatic carbocycles. The van der Waals surface area contributed by atoms with Crippen molar-refractivity contribution in [2.45, 2.75) is 83.6 Å². The van der Waals surface area contributed by atoms with Crippen molar-refractivity contribution in [3.63, 3.8) is 0 Å². The summed E-state index contributed by atoms with van der Waals surface area (Å²) < 4.78 is 5.83. The monoisotopic (exact) mass is 437 g/mol. The van der Waals surface area contributed by atoms with E-state index in [-0.39, 0.29) is 17.8 Å². The number of H-pyrrole nitrogens is 1. The molecular formula is C25H35N5O2. The fraction of sp³-hybridized carbons (Fsp3) is 0.640. The lowest BCUT2D eigenvalue weighted by Gasteiger charge is -2.36.